The van der Waals surface area contributed by atoms with Crippen molar-refractivity contribution >= 4 is 38.7 Å². The lowest BCUT2D eigenvalue weighted by atomic mass is 10.0. The molecule has 0 fully saturated rings. The number of para-hydroxylation sites is 2. The van der Waals surface area contributed by atoms with Crippen molar-refractivity contribution in [1.29, 1.82) is 0 Å². The zero-order chi connectivity index (χ0) is 23.7. The molecular formula is C21H27N3O7S. The number of oxazole rings is 1. The van der Waals surface area contributed by atoms with Crippen LogP contribution in [-0.2, 0) is 19.4 Å². The second-order valence-electron chi connectivity index (χ2n) is 7.11. The molecule has 0 bridgehead atoms. The molecule has 174 valence electrons. The first kappa shape index (κ1) is 25.1. The Labute approximate surface area is 186 Å². The summed E-state index contributed by atoms with van der Waals surface area (Å²) in [5.41, 5.74) is 0.925. The summed E-state index contributed by atoms with van der Waals surface area (Å²) in [4.78, 5) is 41.8. The number of amides is 2. The Morgan fingerprint density at radius 2 is 1.94 bits per heavy atom. The van der Waals surface area contributed by atoms with Crippen LogP contribution >= 0.6 is 0 Å². The Hall–Kier alpha value is -3.21. The van der Waals surface area contributed by atoms with E-state index in [4.69, 9.17) is 4.42 Å². The number of ether oxygens (including phenoxy) is 1. The molecule has 2 N–H and O–H groups in total. The standard InChI is InChI=1S/C21H27N3O7S/c1-4-6-9-15(18(25)20-23-14-10-7-8-11-17(14)31-20)22-19(26)16(24-21(27)30-3)13-32(28,29)12-5-2/h5,7-8,10-11,15-16H,2,4,6,9,12-13H2,1,3H3,(H,22,26)(H,24,27)/t15-,16-/m0/s1. The molecule has 2 atom stereocenters. The molecule has 0 unspecified atom stereocenters. The Kier molecular flexibility index (Phi) is 8.94. The van der Waals surface area contributed by atoms with Gasteiger partial charge in [-0.2, -0.15) is 0 Å². The number of hydrogen-bond donors (Lipinski definition) is 2. The maximum absolute atomic E-state index is 13.0. The van der Waals surface area contributed by atoms with E-state index < -0.39 is 45.5 Å². The van der Waals surface area contributed by atoms with Gasteiger partial charge < -0.3 is 19.8 Å². The van der Waals surface area contributed by atoms with Crippen molar-refractivity contribution in [3.63, 3.8) is 0 Å². The minimum Gasteiger partial charge on any atom is -0.453 e. The monoisotopic (exact) mass is 465 g/mol. The van der Waals surface area contributed by atoms with Gasteiger partial charge in [0.25, 0.3) is 5.89 Å². The third-order valence-electron chi connectivity index (χ3n) is 4.57. The Morgan fingerprint density at radius 1 is 1.22 bits per heavy atom. The molecule has 10 nitrogen and oxygen atoms in total. The van der Waals surface area contributed by atoms with Crippen LogP contribution in [0.4, 0.5) is 4.79 Å². The van der Waals surface area contributed by atoms with Gasteiger partial charge >= 0.3 is 6.09 Å². The summed E-state index contributed by atoms with van der Waals surface area (Å²) in [5.74, 6) is -2.61. The van der Waals surface area contributed by atoms with E-state index in [0.29, 0.717) is 17.5 Å². The quantitative estimate of drug-likeness (QED) is 0.358. The van der Waals surface area contributed by atoms with Gasteiger partial charge in [-0.25, -0.2) is 18.2 Å². The van der Waals surface area contributed by atoms with E-state index in [1.165, 1.54) is 6.08 Å². The lowest BCUT2D eigenvalue weighted by Crippen LogP contribution is -2.54. The molecule has 0 spiro atoms. The molecule has 0 radical (unpaired) electrons. The molecule has 0 aliphatic carbocycles. The van der Waals surface area contributed by atoms with E-state index in [9.17, 15) is 22.8 Å². The zero-order valence-corrected chi connectivity index (χ0v) is 18.8. The van der Waals surface area contributed by atoms with Crippen LogP contribution in [0.3, 0.4) is 0 Å². The summed E-state index contributed by atoms with van der Waals surface area (Å²) in [6, 6.07) is 4.37. The molecule has 2 aromatic rings. The van der Waals surface area contributed by atoms with E-state index in [1.54, 1.807) is 24.3 Å². The minimum absolute atomic E-state index is 0.163. The summed E-state index contributed by atoms with van der Waals surface area (Å²) < 4.78 is 34.4. The van der Waals surface area contributed by atoms with Gasteiger partial charge in [0, 0.05) is 0 Å². The van der Waals surface area contributed by atoms with Gasteiger partial charge in [-0.15, -0.1) is 6.58 Å². The number of fused-ring (bicyclic) bond motifs is 1. The highest BCUT2D eigenvalue weighted by Gasteiger charge is 2.32. The number of sulfone groups is 1. The second kappa shape index (κ2) is 11.4. The summed E-state index contributed by atoms with van der Waals surface area (Å²) in [7, 11) is -2.65. The number of methoxy groups -OCH3 is 1. The largest absolute Gasteiger partial charge is 0.453 e. The predicted octanol–water partition coefficient (Wildman–Crippen LogP) is 2.01. The average Bonchev–Trinajstić information content (AvgIpc) is 3.19. The number of ketones is 1. The van der Waals surface area contributed by atoms with Gasteiger partial charge in [0.15, 0.2) is 15.4 Å². The molecule has 2 rings (SSSR count). The summed E-state index contributed by atoms with van der Waals surface area (Å²) in [6.07, 6.45) is 1.85. The van der Waals surface area contributed by atoms with Gasteiger partial charge in [0.2, 0.25) is 11.7 Å². The summed E-state index contributed by atoms with van der Waals surface area (Å²) in [5, 5.41) is 4.75. The fourth-order valence-electron chi connectivity index (χ4n) is 2.96. The number of Topliss-reactive ketones (excluding diaryl/α,β-unsaturated/α-hetero) is 1. The van der Waals surface area contributed by atoms with Crippen LogP contribution in [-0.4, -0.2) is 61.9 Å². The van der Waals surface area contributed by atoms with Crippen molar-refractivity contribution in [2.45, 2.75) is 38.3 Å². The number of benzene rings is 1. The first-order valence-corrected chi connectivity index (χ1v) is 11.9. The minimum atomic E-state index is -3.74. The number of hydrogen-bond acceptors (Lipinski definition) is 8. The molecule has 1 aromatic heterocycles. The lowest BCUT2D eigenvalue weighted by Gasteiger charge is -2.21. The smallest absolute Gasteiger partial charge is 0.407 e. The SMILES string of the molecule is C=CCS(=O)(=O)C[C@H](NC(=O)OC)C(=O)N[C@@H](CCCC)C(=O)c1nc2ccccc2o1. The van der Waals surface area contributed by atoms with Crippen molar-refractivity contribution in [1.82, 2.24) is 15.6 Å². The molecule has 2 amide bonds. The Balaban J connectivity index is 2.26. The Bertz CT molecular complexity index is 1050. The van der Waals surface area contributed by atoms with Crippen molar-refractivity contribution in [3.05, 3.63) is 42.8 Å². The topological polar surface area (TPSA) is 145 Å². The number of aromatic nitrogens is 1. The fraction of sp³-hybridized carbons (Fsp3) is 0.429. The zero-order valence-electron chi connectivity index (χ0n) is 18.0. The van der Waals surface area contributed by atoms with Crippen molar-refractivity contribution in [2.75, 3.05) is 18.6 Å². The third-order valence-corrected chi connectivity index (χ3v) is 6.16. The van der Waals surface area contributed by atoms with Crippen LogP contribution in [0.5, 0.6) is 0 Å². The van der Waals surface area contributed by atoms with Crippen LogP contribution in [0.15, 0.2) is 41.3 Å². The highest BCUT2D eigenvalue weighted by Crippen LogP contribution is 2.17. The second-order valence-corrected chi connectivity index (χ2v) is 9.26. The van der Waals surface area contributed by atoms with Gasteiger partial charge in [0.05, 0.1) is 24.7 Å². The van der Waals surface area contributed by atoms with Gasteiger partial charge in [0.1, 0.15) is 11.6 Å². The Morgan fingerprint density at radius 3 is 2.56 bits per heavy atom. The molecule has 32 heavy (non-hydrogen) atoms. The van der Waals surface area contributed by atoms with Crippen molar-refractivity contribution in [3.8, 4) is 0 Å². The van der Waals surface area contributed by atoms with E-state index >= 15 is 0 Å². The van der Waals surface area contributed by atoms with Crippen molar-refractivity contribution < 1.29 is 32.0 Å². The number of carbonyl (C=O) groups is 3. The van der Waals surface area contributed by atoms with Crippen LogP contribution in [0.1, 0.15) is 36.9 Å². The number of nitrogens with one attached hydrogen (secondary N) is 2. The molecular weight excluding hydrogens is 438 g/mol. The van der Waals surface area contributed by atoms with E-state index in [0.717, 1.165) is 13.5 Å². The third kappa shape index (κ3) is 6.91. The number of rotatable bonds is 12. The van der Waals surface area contributed by atoms with E-state index in [2.05, 4.69) is 26.9 Å². The van der Waals surface area contributed by atoms with Gasteiger partial charge in [-0.3, -0.25) is 9.59 Å². The average molecular weight is 466 g/mol. The summed E-state index contributed by atoms with van der Waals surface area (Å²) in [6.45, 7) is 5.30. The lowest BCUT2D eigenvalue weighted by molar-refractivity contribution is -0.123. The molecule has 0 saturated heterocycles. The van der Waals surface area contributed by atoms with E-state index in [1.807, 2.05) is 6.92 Å². The van der Waals surface area contributed by atoms with Crippen molar-refractivity contribution in [2.24, 2.45) is 0 Å². The van der Waals surface area contributed by atoms with Gasteiger partial charge in [-0.05, 0) is 18.6 Å². The molecule has 0 aliphatic rings. The molecule has 1 heterocycles. The summed E-state index contributed by atoms with van der Waals surface area (Å²) >= 11 is 0. The number of nitrogens with zero attached hydrogens (tertiary/aromatic N) is 1. The highest BCUT2D eigenvalue weighted by atomic mass is 32.2. The predicted molar refractivity (Wildman–Crippen MR) is 118 cm³/mol. The number of unbranched alkanes of at least 4 members (excludes halogenated alkanes) is 1. The van der Waals surface area contributed by atoms with Crippen LogP contribution in [0.25, 0.3) is 11.1 Å². The first-order valence-electron chi connectivity index (χ1n) is 10.1. The normalized spacial score (nSPS) is 13.2. The number of alkyl carbamates (subject to hydrolysis) is 1. The van der Waals surface area contributed by atoms with Gasteiger partial charge in [-0.1, -0.05) is 38.0 Å². The molecule has 11 heteroatoms. The molecule has 0 aliphatic heterocycles. The molecule has 1 aromatic carbocycles. The van der Waals surface area contributed by atoms with Crippen LogP contribution < -0.4 is 10.6 Å². The first-order chi connectivity index (χ1) is 15.2. The highest BCUT2D eigenvalue weighted by molar-refractivity contribution is 7.91. The van der Waals surface area contributed by atoms with E-state index in [-0.39, 0.29) is 18.1 Å². The fourth-order valence-corrected chi connectivity index (χ4v) is 4.20. The maximum atomic E-state index is 13.0. The molecule has 0 saturated carbocycles. The number of carbonyl (C=O) groups excluding carboxylic acids is 3. The van der Waals surface area contributed by atoms with Crippen LogP contribution in [0.2, 0.25) is 0 Å². The van der Waals surface area contributed by atoms with Crippen LogP contribution in [0, 0.1) is 0 Å². The maximum Gasteiger partial charge on any atom is 0.407 e.